The molecule has 0 bridgehead atoms. The number of benzene rings is 1. The standard InChI is InChI=1S/C12H17N3O3S/c1-12(2,3)14-11(19)13-9-7-8(15(16)17)5-6-10(9)18-4/h5-7H,1-4H3,(H2,13,14,19). The Bertz CT molecular complexity index is 497. The Morgan fingerprint density at radius 1 is 1.42 bits per heavy atom. The van der Waals surface area contributed by atoms with E-state index in [9.17, 15) is 10.1 Å². The maximum absolute atomic E-state index is 10.8. The van der Waals surface area contributed by atoms with Gasteiger partial charge in [0.1, 0.15) is 5.75 Å². The lowest BCUT2D eigenvalue weighted by Crippen LogP contribution is -2.42. The van der Waals surface area contributed by atoms with E-state index >= 15 is 0 Å². The van der Waals surface area contributed by atoms with Crippen molar-refractivity contribution in [2.45, 2.75) is 26.3 Å². The molecule has 1 aromatic carbocycles. The first-order valence-corrected chi connectivity index (χ1v) is 6.05. The number of nitro benzene ring substituents is 1. The van der Waals surface area contributed by atoms with Crippen LogP contribution in [0.4, 0.5) is 11.4 Å². The van der Waals surface area contributed by atoms with Crippen LogP contribution in [-0.2, 0) is 0 Å². The van der Waals surface area contributed by atoms with Gasteiger partial charge in [-0.3, -0.25) is 10.1 Å². The van der Waals surface area contributed by atoms with Crippen LogP contribution in [0, 0.1) is 10.1 Å². The lowest BCUT2D eigenvalue weighted by atomic mass is 10.1. The highest BCUT2D eigenvalue weighted by molar-refractivity contribution is 7.80. The van der Waals surface area contributed by atoms with E-state index in [-0.39, 0.29) is 11.2 Å². The van der Waals surface area contributed by atoms with E-state index in [1.807, 2.05) is 20.8 Å². The minimum Gasteiger partial charge on any atom is -0.495 e. The second kappa shape index (κ2) is 5.83. The summed E-state index contributed by atoms with van der Waals surface area (Å²) in [6, 6.07) is 4.29. The number of rotatable bonds is 3. The summed E-state index contributed by atoms with van der Waals surface area (Å²) in [5.74, 6) is 0.489. The van der Waals surface area contributed by atoms with Gasteiger partial charge >= 0.3 is 0 Å². The first-order chi connectivity index (χ1) is 8.73. The average Bonchev–Trinajstić information content (AvgIpc) is 2.26. The minimum absolute atomic E-state index is 0.0261. The van der Waals surface area contributed by atoms with Crippen LogP contribution in [0.3, 0.4) is 0 Å². The van der Waals surface area contributed by atoms with Gasteiger partial charge in [0.05, 0.1) is 17.7 Å². The number of hydrogen-bond acceptors (Lipinski definition) is 4. The molecule has 0 heterocycles. The molecule has 0 fully saturated rings. The fraction of sp³-hybridized carbons (Fsp3) is 0.417. The fourth-order valence-electron chi connectivity index (χ4n) is 1.40. The normalized spacial score (nSPS) is 10.7. The highest BCUT2D eigenvalue weighted by Crippen LogP contribution is 2.28. The van der Waals surface area contributed by atoms with Gasteiger partial charge < -0.3 is 15.4 Å². The van der Waals surface area contributed by atoms with Crippen LogP contribution in [-0.4, -0.2) is 22.7 Å². The van der Waals surface area contributed by atoms with Crippen molar-refractivity contribution >= 4 is 28.7 Å². The minimum atomic E-state index is -0.467. The molecule has 1 rings (SSSR count). The van der Waals surface area contributed by atoms with Crippen molar-refractivity contribution in [3.8, 4) is 5.75 Å². The Kier molecular flexibility index (Phi) is 4.66. The Morgan fingerprint density at radius 3 is 2.53 bits per heavy atom. The van der Waals surface area contributed by atoms with Crippen LogP contribution in [0.25, 0.3) is 0 Å². The Hall–Kier alpha value is -1.89. The fourth-order valence-corrected chi connectivity index (χ4v) is 1.82. The van der Waals surface area contributed by atoms with Crippen molar-refractivity contribution in [2.24, 2.45) is 0 Å². The smallest absolute Gasteiger partial charge is 0.271 e. The largest absolute Gasteiger partial charge is 0.495 e. The van der Waals surface area contributed by atoms with Gasteiger partial charge in [-0.05, 0) is 39.1 Å². The zero-order chi connectivity index (χ0) is 14.6. The SMILES string of the molecule is COc1ccc([N+](=O)[O-])cc1NC(=S)NC(C)(C)C. The molecule has 0 radical (unpaired) electrons. The van der Waals surface area contributed by atoms with Crippen molar-refractivity contribution in [1.82, 2.24) is 5.32 Å². The van der Waals surface area contributed by atoms with E-state index in [0.29, 0.717) is 16.5 Å². The number of nitro groups is 1. The van der Waals surface area contributed by atoms with Gasteiger partial charge in [0.2, 0.25) is 0 Å². The lowest BCUT2D eigenvalue weighted by molar-refractivity contribution is -0.384. The maximum atomic E-state index is 10.8. The van der Waals surface area contributed by atoms with Crippen molar-refractivity contribution in [1.29, 1.82) is 0 Å². The molecule has 6 nitrogen and oxygen atoms in total. The summed E-state index contributed by atoms with van der Waals surface area (Å²) in [7, 11) is 1.49. The number of hydrogen-bond donors (Lipinski definition) is 2. The predicted octanol–water partition coefficient (Wildman–Crippen LogP) is 2.69. The molecular weight excluding hydrogens is 266 g/mol. The van der Waals surface area contributed by atoms with Crippen molar-refractivity contribution in [3.05, 3.63) is 28.3 Å². The first kappa shape index (κ1) is 15.2. The van der Waals surface area contributed by atoms with Crippen molar-refractivity contribution in [2.75, 3.05) is 12.4 Å². The number of nitrogens with one attached hydrogen (secondary N) is 2. The van der Waals surface area contributed by atoms with Crippen molar-refractivity contribution < 1.29 is 9.66 Å². The summed E-state index contributed by atoms with van der Waals surface area (Å²) in [6.45, 7) is 5.89. The number of methoxy groups -OCH3 is 1. The number of non-ortho nitro benzene ring substituents is 1. The molecule has 0 saturated heterocycles. The molecule has 0 aliphatic heterocycles. The highest BCUT2D eigenvalue weighted by Gasteiger charge is 2.15. The van der Waals surface area contributed by atoms with Crippen LogP contribution in [0.15, 0.2) is 18.2 Å². The monoisotopic (exact) mass is 283 g/mol. The van der Waals surface area contributed by atoms with Gasteiger partial charge in [-0.25, -0.2) is 0 Å². The molecule has 0 spiro atoms. The Morgan fingerprint density at radius 2 is 2.05 bits per heavy atom. The van der Waals surface area contributed by atoms with E-state index in [1.54, 1.807) is 0 Å². The van der Waals surface area contributed by atoms with Gasteiger partial charge in [-0.15, -0.1) is 0 Å². The van der Waals surface area contributed by atoms with Crippen LogP contribution < -0.4 is 15.4 Å². The zero-order valence-electron chi connectivity index (χ0n) is 11.3. The molecule has 0 amide bonds. The number of thiocarbonyl (C=S) groups is 1. The summed E-state index contributed by atoms with van der Waals surface area (Å²) in [6.07, 6.45) is 0. The third-order valence-electron chi connectivity index (χ3n) is 2.13. The molecule has 0 aliphatic rings. The first-order valence-electron chi connectivity index (χ1n) is 5.64. The molecular formula is C12H17N3O3S. The third-order valence-corrected chi connectivity index (χ3v) is 2.33. The van der Waals surface area contributed by atoms with Crippen LogP contribution in [0.1, 0.15) is 20.8 Å². The number of ether oxygens (including phenoxy) is 1. The molecule has 1 aromatic rings. The highest BCUT2D eigenvalue weighted by atomic mass is 32.1. The van der Waals surface area contributed by atoms with E-state index < -0.39 is 4.92 Å². The van der Waals surface area contributed by atoms with Crippen LogP contribution in [0.2, 0.25) is 0 Å². The summed E-state index contributed by atoms with van der Waals surface area (Å²) in [5, 5.41) is 17.1. The van der Waals surface area contributed by atoms with E-state index in [0.717, 1.165) is 0 Å². The van der Waals surface area contributed by atoms with Gasteiger partial charge in [-0.1, -0.05) is 0 Å². The summed E-state index contributed by atoms with van der Waals surface area (Å²) in [4.78, 5) is 10.3. The topological polar surface area (TPSA) is 76.4 Å². The summed E-state index contributed by atoms with van der Waals surface area (Å²) in [5.41, 5.74) is 0.234. The quantitative estimate of drug-likeness (QED) is 0.504. The predicted molar refractivity (Wildman–Crippen MR) is 78.8 cm³/mol. The summed E-state index contributed by atoms with van der Waals surface area (Å²) < 4.78 is 5.14. The second-order valence-electron chi connectivity index (χ2n) is 4.97. The molecule has 0 unspecified atom stereocenters. The maximum Gasteiger partial charge on any atom is 0.271 e. The summed E-state index contributed by atoms with van der Waals surface area (Å²) >= 11 is 5.15. The van der Waals surface area contributed by atoms with Gasteiger partial charge in [0.15, 0.2) is 5.11 Å². The van der Waals surface area contributed by atoms with Crippen LogP contribution in [0.5, 0.6) is 5.75 Å². The molecule has 0 atom stereocenters. The average molecular weight is 283 g/mol. The van der Waals surface area contributed by atoms with Gasteiger partial charge in [0, 0.05) is 17.7 Å². The Labute approximate surface area is 117 Å². The third kappa shape index (κ3) is 4.70. The molecule has 0 aliphatic carbocycles. The van der Waals surface area contributed by atoms with Gasteiger partial charge in [-0.2, -0.15) is 0 Å². The zero-order valence-corrected chi connectivity index (χ0v) is 12.1. The molecule has 0 saturated carbocycles. The van der Waals surface area contributed by atoms with E-state index in [1.165, 1.54) is 25.3 Å². The molecule has 7 heteroatoms. The molecule has 19 heavy (non-hydrogen) atoms. The van der Waals surface area contributed by atoms with Gasteiger partial charge in [0.25, 0.3) is 5.69 Å². The van der Waals surface area contributed by atoms with E-state index in [4.69, 9.17) is 17.0 Å². The van der Waals surface area contributed by atoms with Crippen LogP contribution >= 0.6 is 12.2 Å². The Balaban J connectivity index is 2.95. The lowest BCUT2D eigenvalue weighted by Gasteiger charge is -2.23. The molecule has 2 N–H and O–H groups in total. The van der Waals surface area contributed by atoms with E-state index in [2.05, 4.69) is 10.6 Å². The number of nitrogens with zero attached hydrogens (tertiary/aromatic N) is 1. The second-order valence-corrected chi connectivity index (χ2v) is 5.38. The molecule has 0 aromatic heterocycles. The van der Waals surface area contributed by atoms with Crippen molar-refractivity contribution in [3.63, 3.8) is 0 Å². The molecule has 104 valence electrons. The number of anilines is 1.